The summed E-state index contributed by atoms with van der Waals surface area (Å²) in [6.45, 7) is 12.7. The lowest BCUT2D eigenvalue weighted by Gasteiger charge is -2.20. The molecule has 96 valence electrons. The molecule has 1 rings (SSSR count). The van der Waals surface area contributed by atoms with Gasteiger partial charge in [-0.3, -0.25) is 0 Å². The van der Waals surface area contributed by atoms with E-state index in [-0.39, 0.29) is 5.60 Å². The van der Waals surface area contributed by atoms with Gasteiger partial charge in [0.2, 0.25) is 0 Å². The van der Waals surface area contributed by atoms with E-state index in [1.807, 2.05) is 26.8 Å². The van der Waals surface area contributed by atoms with Crippen molar-refractivity contribution in [1.29, 1.82) is 0 Å². The largest absolute Gasteiger partial charge is 0.458 e. The van der Waals surface area contributed by atoms with Crippen LogP contribution in [0.15, 0.2) is 12.3 Å². The number of rotatable bonds is 3. The van der Waals surface area contributed by atoms with Crippen LogP contribution in [0, 0.1) is 5.41 Å². The highest BCUT2D eigenvalue weighted by atomic mass is 16.5. The third-order valence-electron chi connectivity index (χ3n) is 2.22. The molecule has 0 aromatic carbocycles. The molecule has 0 N–H and O–H groups in total. The summed E-state index contributed by atoms with van der Waals surface area (Å²) in [5, 5.41) is 0. The van der Waals surface area contributed by atoms with Crippen molar-refractivity contribution in [2.45, 2.75) is 60.0 Å². The van der Waals surface area contributed by atoms with Gasteiger partial charge in [0.25, 0.3) is 0 Å². The van der Waals surface area contributed by atoms with Gasteiger partial charge in [0, 0.05) is 11.9 Å². The van der Waals surface area contributed by atoms with E-state index < -0.39 is 0 Å². The van der Waals surface area contributed by atoms with Crippen molar-refractivity contribution in [1.82, 2.24) is 9.97 Å². The molecule has 1 aromatic heterocycles. The molecule has 0 aliphatic heterocycles. The number of hydrogen-bond donors (Lipinski definition) is 0. The van der Waals surface area contributed by atoms with Crippen molar-refractivity contribution in [3.8, 4) is 6.01 Å². The molecule has 1 heterocycles. The monoisotopic (exact) mass is 236 g/mol. The van der Waals surface area contributed by atoms with E-state index in [1.54, 1.807) is 6.20 Å². The molecule has 0 bridgehead atoms. The highest BCUT2D eigenvalue weighted by molar-refractivity contribution is 5.06. The number of aromatic nitrogens is 2. The van der Waals surface area contributed by atoms with E-state index in [0.717, 1.165) is 18.5 Å². The van der Waals surface area contributed by atoms with Crippen LogP contribution in [0.25, 0.3) is 0 Å². The molecule has 0 saturated carbocycles. The van der Waals surface area contributed by atoms with Gasteiger partial charge in [0.1, 0.15) is 5.60 Å². The van der Waals surface area contributed by atoms with Crippen LogP contribution < -0.4 is 4.74 Å². The van der Waals surface area contributed by atoms with Crippen molar-refractivity contribution < 1.29 is 4.74 Å². The maximum absolute atomic E-state index is 5.65. The van der Waals surface area contributed by atoms with E-state index in [4.69, 9.17) is 4.74 Å². The Morgan fingerprint density at radius 2 is 1.76 bits per heavy atom. The van der Waals surface area contributed by atoms with Crippen LogP contribution in [-0.2, 0) is 6.42 Å². The SMILES string of the molecule is CC(C)(C)CCc1ccnc(OC(C)(C)C)n1. The molecule has 3 nitrogen and oxygen atoms in total. The van der Waals surface area contributed by atoms with Crippen LogP contribution in [0.2, 0.25) is 0 Å². The van der Waals surface area contributed by atoms with Gasteiger partial charge in [-0.25, -0.2) is 9.97 Å². The molecule has 0 unspecified atom stereocenters. The Morgan fingerprint density at radius 3 is 2.29 bits per heavy atom. The normalized spacial score (nSPS) is 12.6. The summed E-state index contributed by atoms with van der Waals surface area (Å²) in [5.41, 5.74) is 1.13. The molecule has 0 amide bonds. The van der Waals surface area contributed by atoms with Gasteiger partial charge >= 0.3 is 6.01 Å². The van der Waals surface area contributed by atoms with Crippen molar-refractivity contribution >= 4 is 0 Å². The second kappa shape index (κ2) is 5.03. The fourth-order valence-corrected chi connectivity index (χ4v) is 1.34. The molecule has 0 aliphatic rings. The number of hydrogen-bond acceptors (Lipinski definition) is 3. The summed E-state index contributed by atoms with van der Waals surface area (Å²) in [5.74, 6) is 0. The Hall–Kier alpha value is -1.12. The van der Waals surface area contributed by atoms with Crippen LogP contribution in [0.1, 0.15) is 53.7 Å². The quantitative estimate of drug-likeness (QED) is 0.803. The van der Waals surface area contributed by atoms with Crippen LogP contribution in [0.4, 0.5) is 0 Å². The van der Waals surface area contributed by atoms with Gasteiger partial charge in [-0.05, 0) is 45.1 Å². The maximum Gasteiger partial charge on any atom is 0.317 e. The Kier molecular flexibility index (Phi) is 4.12. The van der Waals surface area contributed by atoms with Crippen LogP contribution >= 0.6 is 0 Å². The Balaban J connectivity index is 2.66. The predicted molar refractivity (Wildman–Crippen MR) is 70.2 cm³/mol. The molecule has 3 heteroatoms. The molecule has 0 saturated heterocycles. The van der Waals surface area contributed by atoms with Crippen LogP contribution in [0.5, 0.6) is 6.01 Å². The molecular formula is C14H24N2O. The molecule has 0 radical (unpaired) electrons. The summed E-state index contributed by atoms with van der Waals surface area (Å²) >= 11 is 0. The molecule has 0 spiro atoms. The molecule has 0 fully saturated rings. The highest BCUT2D eigenvalue weighted by Crippen LogP contribution is 2.21. The standard InChI is InChI=1S/C14H24N2O/c1-13(2,3)9-7-11-8-10-15-12(16-11)17-14(4,5)6/h8,10H,7,9H2,1-6H3. The van der Waals surface area contributed by atoms with Gasteiger partial charge in [-0.15, -0.1) is 0 Å². The average molecular weight is 236 g/mol. The minimum atomic E-state index is -0.247. The first kappa shape index (κ1) is 13.9. The topological polar surface area (TPSA) is 35.0 Å². The minimum absolute atomic E-state index is 0.247. The molecule has 0 atom stereocenters. The van der Waals surface area contributed by atoms with Crippen molar-refractivity contribution in [2.24, 2.45) is 5.41 Å². The van der Waals surface area contributed by atoms with Gasteiger partial charge in [0.05, 0.1) is 0 Å². The smallest absolute Gasteiger partial charge is 0.317 e. The van der Waals surface area contributed by atoms with Gasteiger partial charge in [-0.1, -0.05) is 20.8 Å². The number of ether oxygens (including phenoxy) is 1. The number of aryl methyl sites for hydroxylation is 1. The van der Waals surface area contributed by atoms with Crippen LogP contribution in [-0.4, -0.2) is 15.6 Å². The zero-order valence-corrected chi connectivity index (χ0v) is 11.9. The van der Waals surface area contributed by atoms with E-state index in [1.165, 1.54) is 0 Å². The fourth-order valence-electron chi connectivity index (χ4n) is 1.34. The summed E-state index contributed by atoms with van der Waals surface area (Å²) < 4.78 is 5.65. The molecule has 17 heavy (non-hydrogen) atoms. The highest BCUT2D eigenvalue weighted by Gasteiger charge is 2.15. The van der Waals surface area contributed by atoms with E-state index in [9.17, 15) is 0 Å². The zero-order valence-electron chi connectivity index (χ0n) is 11.9. The summed E-state index contributed by atoms with van der Waals surface area (Å²) in [7, 11) is 0. The zero-order chi connectivity index (χ0) is 13.1. The Morgan fingerprint density at radius 1 is 1.12 bits per heavy atom. The average Bonchev–Trinajstić information content (AvgIpc) is 2.11. The first-order valence-corrected chi connectivity index (χ1v) is 6.17. The second-order valence-electron chi connectivity index (χ2n) is 6.61. The first-order valence-electron chi connectivity index (χ1n) is 6.17. The lowest BCUT2D eigenvalue weighted by molar-refractivity contribution is 0.116. The summed E-state index contributed by atoms with van der Waals surface area (Å²) in [6.07, 6.45) is 3.84. The molecule has 0 aliphatic carbocycles. The summed E-state index contributed by atoms with van der Waals surface area (Å²) in [4.78, 5) is 8.56. The minimum Gasteiger partial charge on any atom is -0.458 e. The Bertz CT molecular complexity index is 361. The van der Waals surface area contributed by atoms with Crippen LogP contribution in [0.3, 0.4) is 0 Å². The predicted octanol–water partition coefficient (Wildman–Crippen LogP) is 3.63. The van der Waals surface area contributed by atoms with Crippen molar-refractivity contribution in [3.05, 3.63) is 18.0 Å². The summed E-state index contributed by atoms with van der Waals surface area (Å²) in [6, 6.07) is 2.44. The van der Waals surface area contributed by atoms with Crippen molar-refractivity contribution in [2.75, 3.05) is 0 Å². The third-order valence-corrected chi connectivity index (χ3v) is 2.22. The molecule has 1 aromatic rings. The first-order chi connectivity index (χ1) is 7.66. The third kappa shape index (κ3) is 6.25. The number of nitrogens with zero attached hydrogens (tertiary/aromatic N) is 2. The maximum atomic E-state index is 5.65. The van der Waals surface area contributed by atoms with Crippen molar-refractivity contribution in [3.63, 3.8) is 0 Å². The van der Waals surface area contributed by atoms with E-state index >= 15 is 0 Å². The second-order valence-corrected chi connectivity index (χ2v) is 6.61. The lowest BCUT2D eigenvalue weighted by Crippen LogP contribution is -2.24. The fraction of sp³-hybridized carbons (Fsp3) is 0.714. The van der Waals surface area contributed by atoms with Gasteiger partial charge in [0.15, 0.2) is 0 Å². The van der Waals surface area contributed by atoms with Gasteiger partial charge < -0.3 is 4.74 Å². The Labute approximate surface area is 105 Å². The lowest BCUT2D eigenvalue weighted by atomic mass is 9.90. The van der Waals surface area contributed by atoms with E-state index in [2.05, 4.69) is 30.7 Å². The molecular weight excluding hydrogens is 212 g/mol. The van der Waals surface area contributed by atoms with E-state index in [0.29, 0.717) is 11.4 Å². The van der Waals surface area contributed by atoms with Gasteiger partial charge in [-0.2, -0.15) is 0 Å².